The molecule has 0 radical (unpaired) electrons. The Bertz CT molecular complexity index is 642. The average Bonchev–Trinajstić information content (AvgIpc) is 2.87. The van der Waals surface area contributed by atoms with Crippen molar-refractivity contribution in [2.45, 2.75) is 6.92 Å². The maximum atomic E-state index is 5.51. The molecule has 88 valence electrons. The molecule has 3 nitrogen and oxygen atoms in total. The van der Waals surface area contributed by atoms with Gasteiger partial charge in [0.05, 0.1) is 18.1 Å². The van der Waals surface area contributed by atoms with Gasteiger partial charge in [-0.3, -0.25) is 4.98 Å². The van der Waals surface area contributed by atoms with Crippen LogP contribution in [0.5, 0.6) is 0 Å². The molecule has 3 rings (SSSR count). The van der Waals surface area contributed by atoms with E-state index in [1.54, 1.807) is 12.4 Å². The van der Waals surface area contributed by atoms with Gasteiger partial charge in [-0.25, -0.2) is 4.98 Å². The molecule has 0 aliphatic heterocycles. The highest BCUT2D eigenvalue weighted by molar-refractivity contribution is 5.60. The van der Waals surface area contributed by atoms with E-state index in [0.29, 0.717) is 0 Å². The van der Waals surface area contributed by atoms with Gasteiger partial charge in [0.15, 0.2) is 5.76 Å². The molecule has 0 N–H and O–H groups in total. The maximum Gasteiger partial charge on any atom is 0.154 e. The van der Waals surface area contributed by atoms with Gasteiger partial charge in [-0.15, -0.1) is 0 Å². The summed E-state index contributed by atoms with van der Waals surface area (Å²) in [5.74, 6) is 1.62. The second-order valence-electron chi connectivity index (χ2n) is 4.06. The minimum Gasteiger partial charge on any atom is -0.460 e. The number of aryl methyl sites for hydroxylation is 1. The van der Waals surface area contributed by atoms with E-state index in [2.05, 4.69) is 9.97 Å². The third-order valence-electron chi connectivity index (χ3n) is 2.71. The van der Waals surface area contributed by atoms with Crippen LogP contribution in [0.3, 0.4) is 0 Å². The summed E-state index contributed by atoms with van der Waals surface area (Å²) in [5.41, 5.74) is 2.68. The minimum atomic E-state index is 0.750. The van der Waals surface area contributed by atoms with Crippen LogP contribution in [-0.4, -0.2) is 9.97 Å². The lowest BCUT2D eigenvalue weighted by Gasteiger charge is -2.00. The molecule has 18 heavy (non-hydrogen) atoms. The molecule has 0 aliphatic rings. The quantitative estimate of drug-likeness (QED) is 0.680. The molecule has 0 unspecified atom stereocenters. The van der Waals surface area contributed by atoms with Gasteiger partial charge >= 0.3 is 0 Å². The molecule has 0 bridgehead atoms. The summed E-state index contributed by atoms with van der Waals surface area (Å²) in [5, 5.41) is 0. The van der Waals surface area contributed by atoms with E-state index >= 15 is 0 Å². The Kier molecular flexibility index (Phi) is 2.65. The monoisotopic (exact) mass is 236 g/mol. The number of hydrogen-bond acceptors (Lipinski definition) is 3. The van der Waals surface area contributed by atoms with Gasteiger partial charge in [0, 0.05) is 5.56 Å². The normalized spacial score (nSPS) is 10.5. The van der Waals surface area contributed by atoms with E-state index < -0.39 is 0 Å². The summed E-state index contributed by atoms with van der Waals surface area (Å²) >= 11 is 0. The first-order valence-electron chi connectivity index (χ1n) is 5.77. The van der Waals surface area contributed by atoms with E-state index in [4.69, 9.17) is 4.42 Å². The predicted octanol–water partition coefficient (Wildman–Crippen LogP) is 3.71. The molecule has 2 heterocycles. The van der Waals surface area contributed by atoms with E-state index in [1.807, 2.05) is 49.4 Å². The van der Waals surface area contributed by atoms with Gasteiger partial charge in [0.2, 0.25) is 0 Å². The third-order valence-corrected chi connectivity index (χ3v) is 2.71. The standard InChI is InChI=1S/C15H12N2O/c1-11-7-8-15(18-11)14-10-16-13(9-17-14)12-5-3-2-4-6-12/h2-10H,1H3. The first-order valence-corrected chi connectivity index (χ1v) is 5.77. The number of benzene rings is 1. The molecule has 3 heteroatoms. The van der Waals surface area contributed by atoms with Crippen LogP contribution < -0.4 is 0 Å². The Morgan fingerprint density at radius 1 is 0.833 bits per heavy atom. The molecular formula is C15H12N2O. The van der Waals surface area contributed by atoms with Gasteiger partial charge in [-0.2, -0.15) is 0 Å². The van der Waals surface area contributed by atoms with Crippen molar-refractivity contribution < 1.29 is 4.42 Å². The van der Waals surface area contributed by atoms with Crippen molar-refractivity contribution in [2.75, 3.05) is 0 Å². The number of nitrogens with zero attached hydrogens (tertiary/aromatic N) is 2. The zero-order valence-electron chi connectivity index (χ0n) is 10.00. The Morgan fingerprint density at radius 3 is 2.17 bits per heavy atom. The summed E-state index contributed by atoms with van der Waals surface area (Å²) < 4.78 is 5.51. The van der Waals surface area contributed by atoms with E-state index in [1.165, 1.54) is 0 Å². The SMILES string of the molecule is Cc1ccc(-c2cnc(-c3ccccc3)cn2)o1. The summed E-state index contributed by atoms with van der Waals surface area (Å²) in [7, 11) is 0. The van der Waals surface area contributed by atoms with Crippen molar-refractivity contribution >= 4 is 0 Å². The highest BCUT2D eigenvalue weighted by atomic mass is 16.3. The predicted molar refractivity (Wildman–Crippen MR) is 69.9 cm³/mol. The Labute approximate surface area is 105 Å². The van der Waals surface area contributed by atoms with Crippen molar-refractivity contribution in [3.63, 3.8) is 0 Å². The lowest BCUT2D eigenvalue weighted by Crippen LogP contribution is -1.87. The molecule has 2 aromatic heterocycles. The van der Waals surface area contributed by atoms with Crippen molar-refractivity contribution in [3.05, 3.63) is 60.6 Å². The first kappa shape index (κ1) is 10.7. The minimum absolute atomic E-state index is 0.750. The fourth-order valence-electron chi connectivity index (χ4n) is 1.79. The topological polar surface area (TPSA) is 38.9 Å². The molecule has 0 atom stereocenters. The van der Waals surface area contributed by atoms with Gasteiger partial charge < -0.3 is 4.42 Å². The molecule has 0 aliphatic carbocycles. The molecule has 0 saturated heterocycles. The highest BCUT2D eigenvalue weighted by Crippen LogP contribution is 2.21. The van der Waals surface area contributed by atoms with Crippen molar-refractivity contribution in [2.24, 2.45) is 0 Å². The Balaban J connectivity index is 1.94. The van der Waals surface area contributed by atoms with Crippen LogP contribution in [-0.2, 0) is 0 Å². The molecule has 0 spiro atoms. The van der Waals surface area contributed by atoms with Crippen LogP contribution >= 0.6 is 0 Å². The molecular weight excluding hydrogens is 224 g/mol. The zero-order chi connectivity index (χ0) is 12.4. The molecule has 0 saturated carbocycles. The van der Waals surface area contributed by atoms with Crippen LogP contribution in [0.25, 0.3) is 22.7 Å². The third kappa shape index (κ3) is 2.02. The van der Waals surface area contributed by atoms with E-state index in [-0.39, 0.29) is 0 Å². The van der Waals surface area contributed by atoms with Gasteiger partial charge in [0.1, 0.15) is 11.5 Å². The molecule has 0 amide bonds. The average molecular weight is 236 g/mol. The van der Waals surface area contributed by atoms with E-state index in [9.17, 15) is 0 Å². The summed E-state index contributed by atoms with van der Waals surface area (Å²) in [4.78, 5) is 8.79. The van der Waals surface area contributed by atoms with Crippen LogP contribution in [0, 0.1) is 6.92 Å². The lowest BCUT2D eigenvalue weighted by molar-refractivity contribution is 0.546. The summed E-state index contributed by atoms with van der Waals surface area (Å²) in [6.45, 7) is 1.91. The number of hydrogen-bond donors (Lipinski definition) is 0. The number of aromatic nitrogens is 2. The van der Waals surface area contributed by atoms with Gasteiger partial charge in [0.25, 0.3) is 0 Å². The number of furan rings is 1. The first-order chi connectivity index (χ1) is 8.83. The zero-order valence-corrected chi connectivity index (χ0v) is 10.00. The second kappa shape index (κ2) is 4.45. The number of rotatable bonds is 2. The fraction of sp³-hybridized carbons (Fsp3) is 0.0667. The molecule has 0 fully saturated rings. The van der Waals surface area contributed by atoms with E-state index in [0.717, 1.165) is 28.5 Å². The summed E-state index contributed by atoms with van der Waals surface area (Å²) in [6.07, 6.45) is 3.50. The van der Waals surface area contributed by atoms with Crippen molar-refractivity contribution in [3.8, 4) is 22.7 Å². The lowest BCUT2D eigenvalue weighted by atomic mass is 10.2. The van der Waals surface area contributed by atoms with Crippen LogP contribution in [0.4, 0.5) is 0 Å². The van der Waals surface area contributed by atoms with Crippen molar-refractivity contribution in [1.29, 1.82) is 0 Å². The smallest absolute Gasteiger partial charge is 0.154 e. The van der Waals surface area contributed by atoms with Crippen LogP contribution in [0.1, 0.15) is 5.76 Å². The van der Waals surface area contributed by atoms with Crippen molar-refractivity contribution in [1.82, 2.24) is 9.97 Å². The second-order valence-corrected chi connectivity index (χ2v) is 4.06. The van der Waals surface area contributed by atoms with Gasteiger partial charge in [-0.05, 0) is 19.1 Å². The summed E-state index contributed by atoms with van der Waals surface area (Å²) in [6, 6.07) is 13.8. The largest absolute Gasteiger partial charge is 0.460 e. The van der Waals surface area contributed by atoms with Crippen LogP contribution in [0.15, 0.2) is 59.3 Å². The molecule has 1 aromatic carbocycles. The van der Waals surface area contributed by atoms with Crippen LogP contribution in [0.2, 0.25) is 0 Å². The maximum absolute atomic E-state index is 5.51. The van der Waals surface area contributed by atoms with Gasteiger partial charge in [-0.1, -0.05) is 30.3 Å². The molecule has 3 aromatic rings. The Morgan fingerprint density at radius 2 is 1.56 bits per heavy atom. The highest BCUT2D eigenvalue weighted by Gasteiger charge is 2.05. The fourth-order valence-corrected chi connectivity index (χ4v) is 1.79. The Hall–Kier alpha value is -2.42.